The average Bonchev–Trinajstić information content (AvgIpc) is 3.22. The monoisotopic (exact) mass is 381 g/mol. The first-order chi connectivity index (χ1) is 13.0. The number of nitrogens with zero attached hydrogens (tertiary/aromatic N) is 1. The molecule has 0 fully saturated rings. The van der Waals surface area contributed by atoms with Gasteiger partial charge in [-0.2, -0.15) is 5.10 Å². The van der Waals surface area contributed by atoms with E-state index in [1.54, 1.807) is 67.6 Å². The molecule has 1 aromatic heterocycles. The first kappa shape index (κ1) is 18.4. The lowest BCUT2D eigenvalue weighted by Gasteiger charge is -2.06. The summed E-state index contributed by atoms with van der Waals surface area (Å²) in [5.74, 6) is -0.480. The lowest BCUT2D eigenvalue weighted by molar-refractivity contribution is 0.0953. The molecular formula is C20H16ClN3O3. The van der Waals surface area contributed by atoms with Gasteiger partial charge in [-0.25, -0.2) is 5.43 Å². The molecule has 0 saturated carbocycles. The maximum Gasteiger partial charge on any atom is 0.291 e. The van der Waals surface area contributed by atoms with Gasteiger partial charge in [0, 0.05) is 5.69 Å². The van der Waals surface area contributed by atoms with Gasteiger partial charge in [0.25, 0.3) is 11.8 Å². The number of anilines is 1. The van der Waals surface area contributed by atoms with Gasteiger partial charge in [-0.3, -0.25) is 9.59 Å². The first-order valence-corrected chi connectivity index (χ1v) is 8.47. The molecule has 3 rings (SSSR count). The number of furan rings is 1. The summed E-state index contributed by atoms with van der Waals surface area (Å²) in [5, 5.41) is 7.19. The molecule has 0 bridgehead atoms. The Hall–Kier alpha value is -3.38. The summed E-state index contributed by atoms with van der Waals surface area (Å²) in [6, 6.07) is 17.0. The van der Waals surface area contributed by atoms with E-state index in [4.69, 9.17) is 16.0 Å². The number of benzene rings is 2. The molecule has 0 aliphatic heterocycles. The molecule has 0 saturated heterocycles. The van der Waals surface area contributed by atoms with Crippen LogP contribution in [0.1, 0.15) is 33.4 Å². The van der Waals surface area contributed by atoms with Gasteiger partial charge in [-0.05, 0) is 48.9 Å². The van der Waals surface area contributed by atoms with Gasteiger partial charge in [-0.1, -0.05) is 35.9 Å². The van der Waals surface area contributed by atoms with Crippen molar-refractivity contribution in [3.63, 3.8) is 0 Å². The highest BCUT2D eigenvalue weighted by Gasteiger charge is 2.10. The van der Waals surface area contributed by atoms with Crippen molar-refractivity contribution in [1.29, 1.82) is 0 Å². The van der Waals surface area contributed by atoms with Crippen molar-refractivity contribution in [2.24, 2.45) is 5.10 Å². The van der Waals surface area contributed by atoms with Crippen molar-refractivity contribution in [3.8, 4) is 0 Å². The normalized spacial score (nSPS) is 11.1. The molecule has 2 N–H and O–H groups in total. The highest BCUT2D eigenvalue weighted by atomic mass is 35.5. The fourth-order valence-electron chi connectivity index (χ4n) is 2.30. The number of hydrazone groups is 1. The van der Waals surface area contributed by atoms with Gasteiger partial charge < -0.3 is 9.73 Å². The maximum atomic E-state index is 12.1. The van der Waals surface area contributed by atoms with Crippen LogP contribution in [0.3, 0.4) is 0 Å². The van der Waals surface area contributed by atoms with E-state index in [0.717, 1.165) is 5.56 Å². The van der Waals surface area contributed by atoms with Crippen LogP contribution in [0.2, 0.25) is 5.02 Å². The molecule has 2 aromatic carbocycles. The second kappa shape index (κ2) is 8.33. The molecular weight excluding hydrogens is 366 g/mol. The smallest absolute Gasteiger partial charge is 0.291 e. The number of rotatable bonds is 5. The zero-order valence-corrected chi connectivity index (χ0v) is 15.2. The largest absolute Gasteiger partial charge is 0.459 e. The molecule has 0 spiro atoms. The fraction of sp³-hybridized carbons (Fsp3) is 0.0500. The zero-order valence-electron chi connectivity index (χ0n) is 14.4. The quantitative estimate of drug-likeness (QED) is 0.509. The van der Waals surface area contributed by atoms with Crippen LogP contribution < -0.4 is 10.7 Å². The summed E-state index contributed by atoms with van der Waals surface area (Å²) in [7, 11) is 0. The SMILES string of the molecule is C/C(=N\NC(=O)c1ccccc1Cl)c1ccc(NC(=O)c2ccco2)cc1. The second-order valence-electron chi connectivity index (χ2n) is 5.63. The lowest BCUT2D eigenvalue weighted by atomic mass is 10.1. The number of halogens is 1. The van der Waals surface area contributed by atoms with E-state index in [9.17, 15) is 9.59 Å². The average molecular weight is 382 g/mol. The topological polar surface area (TPSA) is 83.7 Å². The molecule has 7 heteroatoms. The zero-order chi connectivity index (χ0) is 19.2. The van der Waals surface area contributed by atoms with Gasteiger partial charge in [0.2, 0.25) is 0 Å². The van der Waals surface area contributed by atoms with E-state index in [1.165, 1.54) is 6.26 Å². The molecule has 136 valence electrons. The van der Waals surface area contributed by atoms with Crippen molar-refractivity contribution in [1.82, 2.24) is 5.43 Å². The van der Waals surface area contributed by atoms with Crippen LogP contribution in [0.5, 0.6) is 0 Å². The van der Waals surface area contributed by atoms with Crippen molar-refractivity contribution >= 4 is 34.8 Å². The van der Waals surface area contributed by atoms with Crippen LogP contribution in [0.25, 0.3) is 0 Å². The predicted molar refractivity (Wildman–Crippen MR) is 104 cm³/mol. The number of carbonyl (C=O) groups excluding carboxylic acids is 2. The number of nitrogens with one attached hydrogen (secondary N) is 2. The summed E-state index contributed by atoms with van der Waals surface area (Å²) in [6.07, 6.45) is 1.44. The van der Waals surface area contributed by atoms with Crippen LogP contribution >= 0.6 is 11.6 Å². The van der Waals surface area contributed by atoms with Crippen molar-refractivity contribution in [3.05, 3.63) is 88.8 Å². The number of hydrogen-bond acceptors (Lipinski definition) is 4. The Kier molecular flexibility index (Phi) is 5.68. The third-order valence-electron chi connectivity index (χ3n) is 3.75. The fourth-order valence-corrected chi connectivity index (χ4v) is 2.52. The summed E-state index contributed by atoms with van der Waals surface area (Å²) >= 11 is 6.00. The third-order valence-corrected chi connectivity index (χ3v) is 4.08. The van der Waals surface area contributed by atoms with Gasteiger partial charge in [0.05, 0.1) is 22.6 Å². The van der Waals surface area contributed by atoms with E-state index in [0.29, 0.717) is 22.0 Å². The highest BCUT2D eigenvalue weighted by molar-refractivity contribution is 6.33. The minimum absolute atomic E-state index is 0.235. The molecule has 0 unspecified atom stereocenters. The van der Waals surface area contributed by atoms with Crippen molar-refractivity contribution in [2.45, 2.75) is 6.92 Å². The van der Waals surface area contributed by atoms with E-state index in [-0.39, 0.29) is 17.6 Å². The van der Waals surface area contributed by atoms with Gasteiger partial charge in [0.15, 0.2) is 5.76 Å². The van der Waals surface area contributed by atoms with Gasteiger partial charge in [-0.15, -0.1) is 0 Å². The molecule has 6 nitrogen and oxygen atoms in total. The summed E-state index contributed by atoms with van der Waals surface area (Å²) in [6.45, 7) is 1.77. The van der Waals surface area contributed by atoms with Crippen LogP contribution in [0, 0.1) is 0 Å². The lowest BCUT2D eigenvalue weighted by Crippen LogP contribution is -2.19. The molecule has 0 atom stereocenters. The predicted octanol–water partition coefficient (Wildman–Crippen LogP) is 4.34. The molecule has 0 aliphatic rings. The van der Waals surface area contributed by atoms with Crippen molar-refractivity contribution < 1.29 is 14.0 Å². The molecule has 3 aromatic rings. The Balaban J connectivity index is 1.64. The van der Waals surface area contributed by atoms with Gasteiger partial charge in [0.1, 0.15) is 0 Å². The Morgan fingerprint density at radius 1 is 0.963 bits per heavy atom. The minimum Gasteiger partial charge on any atom is -0.459 e. The maximum absolute atomic E-state index is 12.1. The molecule has 27 heavy (non-hydrogen) atoms. The molecule has 1 heterocycles. The van der Waals surface area contributed by atoms with E-state index < -0.39 is 0 Å². The van der Waals surface area contributed by atoms with Crippen molar-refractivity contribution in [2.75, 3.05) is 5.32 Å². The Bertz CT molecular complexity index is 980. The Morgan fingerprint density at radius 3 is 2.37 bits per heavy atom. The molecule has 0 radical (unpaired) electrons. The van der Waals surface area contributed by atoms with E-state index >= 15 is 0 Å². The molecule has 0 aliphatic carbocycles. The van der Waals surface area contributed by atoms with E-state index in [1.807, 2.05) is 0 Å². The highest BCUT2D eigenvalue weighted by Crippen LogP contribution is 2.15. The van der Waals surface area contributed by atoms with Crippen LogP contribution in [0.4, 0.5) is 5.69 Å². The third kappa shape index (κ3) is 4.62. The summed E-state index contributed by atoms with van der Waals surface area (Å²) < 4.78 is 5.05. The number of carbonyl (C=O) groups is 2. The number of amides is 2. The summed E-state index contributed by atoms with van der Waals surface area (Å²) in [5.41, 5.74) is 4.87. The molecule has 2 amide bonds. The van der Waals surface area contributed by atoms with Gasteiger partial charge >= 0.3 is 0 Å². The van der Waals surface area contributed by atoms with Crippen LogP contribution in [0.15, 0.2) is 76.4 Å². The van der Waals surface area contributed by atoms with Crippen LogP contribution in [-0.4, -0.2) is 17.5 Å². The first-order valence-electron chi connectivity index (χ1n) is 8.09. The standard InChI is InChI=1S/C20H16ClN3O3/c1-13(23-24-19(25)16-5-2-3-6-17(16)21)14-8-10-15(11-9-14)22-20(26)18-7-4-12-27-18/h2-12H,1H3,(H,22,26)(H,24,25)/b23-13+. The number of hydrogen-bond donors (Lipinski definition) is 2. The minimum atomic E-state index is -0.387. The van der Waals surface area contributed by atoms with E-state index in [2.05, 4.69) is 15.8 Å². The van der Waals surface area contributed by atoms with Crippen LogP contribution in [-0.2, 0) is 0 Å². The Labute approximate surface area is 160 Å². The Morgan fingerprint density at radius 2 is 1.70 bits per heavy atom. The summed E-state index contributed by atoms with van der Waals surface area (Å²) in [4.78, 5) is 24.1. The second-order valence-corrected chi connectivity index (χ2v) is 6.03.